The summed E-state index contributed by atoms with van der Waals surface area (Å²) < 4.78 is 0. The number of amides is 1. The number of halogens is 2. The van der Waals surface area contributed by atoms with Crippen molar-refractivity contribution in [1.29, 1.82) is 0 Å². The highest BCUT2D eigenvalue weighted by Crippen LogP contribution is 2.29. The van der Waals surface area contributed by atoms with Gasteiger partial charge in [0.2, 0.25) is 0 Å². The molecule has 0 saturated heterocycles. The summed E-state index contributed by atoms with van der Waals surface area (Å²) in [5.74, 6) is -0.321. The van der Waals surface area contributed by atoms with E-state index in [-0.39, 0.29) is 12.5 Å². The molecule has 1 aromatic heterocycles. The first-order valence-corrected chi connectivity index (χ1v) is 6.66. The summed E-state index contributed by atoms with van der Waals surface area (Å²) in [6, 6.07) is 4.95. The van der Waals surface area contributed by atoms with Crippen LogP contribution in [-0.2, 0) is 0 Å². The van der Waals surface area contributed by atoms with Crippen molar-refractivity contribution in [2.45, 2.75) is 13.0 Å². The Morgan fingerprint density at radius 2 is 2.10 bits per heavy atom. The van der Waals surface area contributed by atoms with Gasteiger partial charge in [-0.2, -0.15) is 5.10 Å². The molecule has 0 bridgehead atoms. The van der Waals surface area contributed by atoms with Gasteiger partial charge in [0.15, 0.2) is 0 Å². The van der Waals surface area contributed by atoms with Gasteiger partial charge >= 0.3 is 0 Å². The summed E-state index contributed by atoms with van der Waals surface area (Å²) in [7, 11) is 0. The molecule has 0 aliphatic carbocycles. The van der Waals surface area contributed by atoms with Gasteiger partial charge in [0.05, 0.1) is 17.9 Å². The predicted molar refractivity (Wildman–Crippen MR) is 77.1 cm³/mol. The van der Waals surface area contributed by atoms with Crippen molar-refractivity contribution in [3.8, 4) is 0 Å². The van der Waals surface area contributed by atoms with Crippen LogP contribution < -0.4 is 5.32 Å². The fraction of sp³-hybridized carbons (Fsp3) is 0.231. The largest absolute Gasteiger partial charge is 0.386 e. The van der Waals surface area contributed by atoms with E-state index in [0.29, 0.717) is 26.9 Å². The molecular formula is C13H13Cl2N3O2. The Bertz CT molecular complexity index is 608. The lowest BCUT2D eigenvalue weighted by atomic mass is 10.1. The monoisotopic (exact) mass is 313 g/mol. The Kier molecular flexibility index (Phi) is 4.65. The maximum absolute atomic E-state index is 11.9. The van der Waals surface area contributed by atoms with E-state index in [1.54, 1.807) is 25.1 Å². The average molecular weight is 314 g/mol. The van der Waals surface area contributed by atoms with Crippen LogP contribution in [-0.4, -0.2) is 27.8 Å². The first-order chi connectivity index (χ1) is 9.50. The van der Waals surface area contributed by atoms with Gasteiger partial charge < -0.3 is 10.4 Å². The van der Waals surface area contributed by atoms with Crippen molar-refractivity contribution >= 4 is 29.1 Å². The summed E-state index contributed by atoms with van der Waals surface area (Å²) >= 11 is 12.0. The molecule has 1 heterocycles. The van der Waals surface area contributed by atoms with Crippen molar-refractivity contribution < 1.29 is 9.90 Å². The fourth-order valence-electron chi connectivity index (χ4n) is 1.80. The number of rotatable bonds is 4. The summed E-state index contributed by atoms with van der Waals surface area (Å²) in [5, 5.41) is 19.9. The van der Waals surface area contributed by atoms with Gasteiger partial charge in [0.25, 0.3) is 5.91 Å². The van der Waals surface area contributed by atoms with Crippen LogP contribution in [0.3, 0.4) is 0 Å². The number of H-pyrrole nitrogens is 1. The lowest BCUT2D eigenvalue weighted by Crippen LogP contribution is -2.28. The zero-order valence-electron chi connectivity index (χ0n) is 10.7. The first kappa shape index (κ1) is 14.8. The lowest BCUT2D eigenvalue weighted by Gasteiger charge is -2.15. The Hall–Kier alpha value is -1.56. The molecule has 0 aliphatic heterocycles. The van der Waals surface area contributed by atoms with Crippen molar-refractivity contribution in [3.63, 3.8) is 0 Å². The number of carbonyl (C=O) groups is 1. The van der Waals surface area contributed by atoms with Crippen molar-refractivity contribution in [2.24, 2.45) is 0 Å². The number of hydrogen-bond donors (Lipinski definition) is 3. The maximum Gasteiger partial charge on any atom is 0.254 e. The molecule has 1 aromatic carbocycles. The number of aromatic amines is 1. The number of aromatic nitrogens is 2. The van der Waals surface area contributed by atoms with E-state index in [4.69, 9.17) is 23.2 Å². The minimum absolute atomic E-state index is 0.00685. The zero-order chi connectivity index (χ0) is 14.7. The van der Waals surface area contributed by atoms with Gasteiger partial charge in [-0.15, -0.1) is 0 Å². The van der Waals surface area contributed by atoms with Crippen LogP contribution in [0.4, 0.5) is 0 Å². The van der Waals surface area contributed by atoms with Crippen LogP contribution in [0.15, 0.2) is 24.4 Å². The summed E-state index contributed by atoms with van der Waals surface area (Å²) in [6.45, 7) is 1.75. The molecule has 0 aliphatic rings. The van der Waals surface area contributed by atoms with E-state index in [9.17, 15) is 9.90 Å². The molecule has 0 fully saturated rings. The van der Waals surface area contributed by atoms with E-state index in [1.165, 1.54) is 6.20 Å². The van der Waals surface area contributed by atoms with Crippen LogP contribution >= 0.6 is 23.2 Å². The Morgan fingerprint density at radius 3 is 2.65 bits per heavy atom. The van der Waals surface area contributed by atoms with Crippen LogP contribution in [0, 0.1) is 6.92 Å². The van der Waals surface area contributed by atoms with Gasteiger partial charge in [0.1, 0.15) is 0 Å². The van der Waals surface area contributed by atoms with E-state index in [0.717, 1.165) is 0 Å². The SMILES string of the molecule is Cc1[nH]ncc1C(=O)NC[C@@H](O)c1c(Cl)cccc1Cl. The number of nitrogens with one attached hydrogen (secondary N) is 2. The predicted octanol–water partition coefficient (Wildman–Crippen LogP) is 2.49. The van der Waals surface area contributed by atoms with E-state index >= 15 is 0 Å². The number of benzene rings is 1. The number of carbonyl (C=O) groups excluding carboxylic acids is 1. The average Bonchev–Trinajstić information content (AvgIpc) is 2.82. The molecule has 20 heavy (non-hydrogen) atoms. The summed E-state index contributed by atoms with van der Waals surface area (Å²) in [4.78, 5) is 11.9. The van der Waals surface area contributed by atoms with Crippen molar-refractivity contribution in [3.05, 3.63) is 51.3 Å². The van der Waals surface area contributed by atoms with Crippen molar-refractivity contribution in [1.82, 2.24) is 15.5 Å². The second-order valence-electron chi connectivity index (χ2n) is 4.27. The lowest BCUT2D eigenvalue weighted by molar-refractivity contribution is 0.0916. The second kappa shape index (κ2) is 6.26. The molecule has 2 aromatic rings. The van der Waals surface area contributed by atoms with Gasteiger partial charge in [-0.05, 0) is 19.1 Å². The molecule has 0 unspecified atom stereocenters. The number of aryl methyl sites for hydroxylation is 1. The van der Waals surface area contributed by atoms with Gasteiger partial charge in [-0.25, -0.2) is 0 Å². The van der Waals surface area contributed by atoms with E-state index < -0.39 is 6.10 Å². The molecule has 106 valence electrons. The molecule has 0 saturated carbocycles. The van der Waals surface area contributed by atoms with E-state index in [1.807, 2.05) is 0 Å². The van der Waals surface area contributed by atoms with E-state index in [2.05, 4.69) is 15.5 Å². The number of aliphatic hydroxyl groups excluding tert-OH is 1. The molecule has 2 rings (SSSR count). The van der Waals surface area contributed by atoms with Crippen LogP contribution in [0.25, 0.3) is 0 Å². The van der Waals surface area contributed by atoms with Crippen LogP contribution in [0.5, 0.6) is 0 Å². The number of aliphatic hydroxyl groups is 1. The first-order valence-electron chi connectivity index (χ1n) is 5.91. The number of hydrogen-bond acceptors (Lipinski definition) is 3. The fourth-order valence-corrected chi connectivity index (χ4v) is 2.44. The van der Waals surface area contributed by atoms with Gasteiger partial charge in [0, 0.05) is 27.8 Å². The van der Waals surface area contributed by atoms with Crippen molar-refractivity contribution in [2.75, 3.05) is 6.54 Å². The second-order valence-corrected chi connectivity index (χ2v) is 5.08. The highest BCUT2D eigenvalue weighted by molar-refractivity contribution is 6.36. The molecular weight excluding hydrogens is 301 g/mol. The van der Waals surface area contributed by atoms with Gasteiger partial charge in [-0.1, -0.05) is 29.3 Å². The Balaban J connectivity index is 2.04. The zero-order valence-corrected chi connectivity index (χ0v) is 12.2. The highest BCUT2D eigenvalue weighted by Gasteiger charge is 2.17. The Labute approximate surface area is 125 Å². The minimum Gasteiger partial charge on any atom is -0.386 e. The number of nitrogens with zero attached hydrogens (tertiary/aromatic N) is 1. The molecule has 1 atom stereocenters. The molecule has 7 heteroatoms. The molecule has 5 nitrogen and oxygen atoms in total. The van der Waals surface area contributed by atoms with Crippen LogP contribution in [0.2, 0.25) is 10.0 Å². The third-order valence-electron chi connectivity index (χ3n) is 2.86. The van der Waals surface area contributed by atoms with Gasteiger partial charge in [-0.3, -0.25) is 9.89 Å². The molecule has 0 radical (unpaired) electrons. The minimum atomic E-state index is -0.979. The highest BCUT2D eigenvalue weighted by atomic mass is 35.5. The maximum atomic E-state index is 11.9. The molecule has 3 N–H and O–H groups in total. The third kappa shape index (κ3) is 3.12. The standard InChI is InChI=1S/C13H13Cl2N3O2/c1-7-8(5-17-18-7)13(20)16-6-11(19)12-9(14)3-2-4-10(12)15/h2-5,11,19H,6H2,1H3,(H,16,20)(H,17,18)/t11-/m1/s1. The summed E-state index contributed by atoms with van der Waals surface area (Å²) in [6.07, 6.45) is 0.451. The quantitative estimate of drug-likeness (QED) is 0.811. The summed E-state index contributed by atoms with van der Waals surface area (Å²) in [5.41, 5.74) is 1.50. The molecule has 1 amide bonds. The third-order valence-corrected chi connectivity index (χ3v) is 3.52. The normalized spacial score (nSPS) is 12.2. The van der Waals surface area contributed by atoms with Crippen LogP contribution in [0.1, 0.15) is 27.7 Å². The Morgan fingerprint density at radius 1 is 1.45 bits per heavy atom. The topological polar surface area (TPSA) is 78.0 Å². The molecule has 0 spiro atoms. The smallest absolute Gasteiger partial charge is 0.254 e.